The Morgan fingerprint density at radius 1 is 1.00 bits per heavy atom. The lowest BCUT2D eigenvalue weighted by Gasteiger charge is -2.12. The van der Waals surface area contributed by atoms with Gasteiger partial charge in [0, 0.05) is 23.6 Å². The molecule has 0 saturated carbocycles. The lowest BCUT2D eigenvalue weighted by Crippen LogP contribution is -2.25. The third-order valence-corrected chi connectivity index (χ3v) is 5.36. The van der Waals surface area contributed by atoms with Crippen molar-refractivity contribution in [3.05, 3.63) is 57.6 Å². The average molecular weight is 428 g/mol. The Bertz CT molecular complexity index is 771. The fourth-order valence-electron chi connectivity index (χ4n) is 2.35. The van der Waals surface area contributed by atoms with Crippen molar-refractivity contribution in [2.75, 3.05) is 25.5 Å². The highest BCUT2D eigenvalue weighted by Gasteiger charge is 2.11. The van der Waals surface area contributed by atoms with Crippen LogP contribution in [0.1, 0.15) is 29.8 Å². The second-order valence-electron chi connectivity index (χ2n) is 5.58. The van der Waals surface area contributed by atoms with E-state index >= 15 is 0 Å². The topological polar surface area (TPSA) is 47.6 Å². The number of hydrogen-bond donors (Lipinski definition) is 1. The lowest BCUT2D eigenvalue weighted by atomic mass is 10.2. The Morgan fingerprint density at radius 3 is 2.44 bits per heavy atom. The summed E-state index contributed by atoms with van der Waals surface area (Å²) in [7, 11) is 0. The van der Waals surface area contributed by atoms with Gasteiger partial charge in [-0.1, -0.05) is 29.3 Å². The first-order valence-electron chi connectivity index (χ1n) is 8.74. The van der Waals surface area contributed by atoms with Gasteiger partial charge in [0.25, 0.3) is 5.91 Å². The number of carbonyl (C=O) groups excluding carboxylic acids is 1. The van der Waals surface area contributed by atoms with Crippen LogP contribution in [0.25, 0.3) is 0 Å². The van der Waals surface area contributed by atoms with Crippen LogP contribution in [0.15, 0.2) is 36.4 Å². The number of nitrogens with one attached hydrogen (secondary N) is 1. The molecule has 0 aliphatic heterocycles. The minimum Gasteiger partial charge on any atom is -0.490 e. The van der Waals surface area contributed by atoms with Crippen LogP contribution in [-0.4, -0.2) is 31.4 Å². The van der Waals surface area contributed by atoms with Crippen molar-refractivity contribution in [1.82, 2.24) is 5.32 Å². The van der Waals surface area contributed by atoms with Gasteiger partial charge in [0.1, 0.15) is 0 Å². The summed E-state index contributed by atoms with van der Waals surface area (Å²) in [6.45, 7) is 5.43. The maximum absolute atomic E-state index is 12.3. The molecule has 2 rings (SSSR count). The molecule has 0 radical (unpaired) electrons. The molecule has 0 aliphatic carbocycles. The largest absolute Gasteiger partial charge is 0.490 e. The van der Waals surface area contributed by atoms with E-state index in [-0.39, 0.29) is 5.91 Å². The monoisotopic (exact) mass is 427 g/mol. The zero-order valence-electron chi connectivity index (χ0n) is 15.4. The van der Waals surface area contributed by atoms with Gasteiger partial charge in [-0.3, -0.25) is 4.79 Å². The van der Waals surface area contributed by atoms with Crippen molar-refractivity contribution in [3.8, 4) is 11.5 Å². The smallest absolute Gasteiger partial charge is 0.251 e. The fraction of sp³-hybridized carbons (Fsp3) is 0.350. The van der Waals surface area contributed by atoms with Crippen molar-refractivity contribution >= 4 is 40.9 Å². The van der Waals surface area contributed by atoms with Crippen LogP contribution in [-0.2, 0) is 5.75 Å². The van der Waals surface area contributed by atoms with Crippen molar-refractivity contribution in [3.63, 3.8) is 0 Å². The van der Waals surface area contributed by atoms with Gasteiger partial charge in [-0.15, -0.1) is 0 Å². The maximum Gasteiger partial charge on any atom is 0.251 e. The number of rotatable bonds is 10. The standard InChI is InChI=1S/C20H23Cl2NO3S/c1-3-25-18-8-6-15(12-19(18)26-4-2)20(24)23-9-10-27-13-14-5-7-16(21)17(22)11-14/h5-8,11-12H,3-4,9-10,13H2,1-2H3,(H,23,24). The zero-order chi connectivity index (χ0) is 19.6. The van der Waals surface area contributed by atoms with Gasteiger partial charge in [-0.25, -0.2) is 0 Å². The first-order chi connectivity index (χ1) is 13.0. The molecule has 4 nitrogen and oxygen atoms in total. The molecule has 0 spiro atoms. The van der Waals surface area contributed by atoms with E-state index in [1.165, 1.54) is 0 Å². The van der Waals surface area contributed by atoms with Gasteiger partial charge in [0.05, 0.1) is 23.3 Å². The van der Waals surface area contributed by atoms with E-state index in [4.69, 9.17) is 32.7 Å². The summed E-state index contributed by atoms with van der Waals surface area (Å²) >= 11 is 13.6. The van der Waals surface area contributed by atoms with Crippen molar-refractivity contribution < 1.29 is 14.3 Å². The highest BCUT2D eigenvalue weighted by atomic mass is 35.5. The summed E-state index contributed by atoms with van der Waals surface area (Å²) in [5.74, 6) is 2.70. The molecule has 2 aromatic rings. The number of halogens is 2. The Balaban J connectivity index is 1.81. The van der Waals surface area contributed by atoms with E-state index in [2.05, 4.69) is 5.32 Å². The maximum atomic E-state index is 12.3. The minimum atomic E-state index is -0.130. The Hall–Kier alpha value is -1.56. The highest BCUT2D eigenvalue weighted by Crippen LogP contribution is 2.28. The minimum absolute atomic E-state index is 0.130. The zero-order valence-corrected chi connectivity index (χ0v) is 17.7. The molecule has 7 heteroatoms. The summed E-state index contributed by atoms with van der Waals surface area (Å²) in [4.78, 5) is 12.3. The van der Waals surface area contributed by atoms with Crippen LogP contribution < -0.4 is 14.8 Å². The van der Waals surface area contributed by atoms with E-state index in [9.17, 15) is 4.79 Å². The molecule has 0 saturated heterocycles. The molecule has 0 aliphatic rings. The summed E-state index contributed by atoms with van der Waals surface area (Å²) in [5.41, 5.74) is 1.66. The number of ether oxygens (including phenoxy) is 2. The Morgan fingerprint density at radius 2 is 1.74 bits per heavy atom. The Kier molecular flexibility index (Phi) is 9.11. The molecule has 0 heterocycles. The SMILES string of the molecule is CCOc1ccc(C(=O)NCCSCc2ccc(Cl)c(Cl)c2)cc1OCC. The molecule has 0 bridgehead atoms. The first-order valence-corrected chi connectivity index (χ1v) is 10.7. The summed E-state index contributed by atoms with van der Waals surface area (Å²) in [6, 6.07) is 10.8. The second kappa shape index (κ2) is 11.3. The van der Waals surface area contributed by atoms with E-state index in [0.717, 1.165) is 17.1 Å². The van der Waals surface area contributed by atoms with E-state index < -0.39 is 0 Å². The van der Waals surface area contributed by atoms with Gasteiger partial charge in [-0.2, -0.15) is 11.8 Å². The molecule has 2 aromatic carbocycles. The Labute approximate surface area is 174 Å². The number of amides is 1. The van der Waals surface area contributed by atoms with Gasteiger partial charge in [0.15, 0.2) is 11.5 Å². The molecule has 0 fully saturated rings. The molecular weight excluding hydrogens is 405 g/mol. The van der Waals surface area contributed by atoms with E-state index in [1.54, 1.807) is 36.0 Å². The summed E-state index contributed by atoms with van der Waals surface area (Å²) in [6.07, 6.45) is 0. The molecule has 0 aromatic heterocycles. The van der Waals surface area contributed by atoms with Crippen LogP contribution in [0.4, 0.5) is 0 Å². The third kappa shape index (κ3) is 6.83. The third-order valence-electron chi connectivity index (χ3n) is 3.59. The van der Waals surface area contributed by atoms with E-state index in [1.807, 2.05) is 26.0 Å². The van der Waals surface area contributed by atoms with Crippen molar-refractivity contribution in [2.24, 2.45) is 0 Å². The van der Waals surface area contributed by atoms with Crippen LogP contribution >= 0.6 is 35.0 Å². The summed E-state index contributed by atoms with van der Waals surface area (Å²) < 4.78 is 11.1. The van der Waals surface area contributed by atoms with Crippen LogP contribution in [0.5, 0.6) is 11.5 Å². The number of thioether (sulfide) groups is 1. The predicted molar refractivity (Wildman–Crippen MR) is 114 cm³/mol. The normalized spacial score (nSPS) is 10.5. The molecule has 1 N–H and O–H groups in total. The molecule has 27 heavy (non-hydrogen) atoms. The fourth-order valence-corrected chi connectivity index (χ4v) is 3.48. The number of benzene rings is 2. The quantitative estimate of drug-likeness (QED) is 0.511. The number of hydrogen-bond acceptors (Lipinski definition) is 4. The summed E-state index contributed by atoms with van der Waals surface area (Å²) in [5, 5.41) is 4.04. The molecule has 0 atom stereocenters. The van der Waals surface area contributed by atoms with E-state index in [0.29, 0.717) is 46.9 Å². The van der Waals surface area contributed by atoms with Crippen molar-refractivity contribution in [1.29, 1.82) is 0 Å². The highest BCUT2D eigenvalue weighted by molar-refractivity contribution is 7.98. The molecule has 1 amide bonds. The van der Waals surface area contributed by atoms with Gasteiger partial charge >= 0.3 is 0 Å². The van der Waals surface area contributed by atoms with Crippen molar-refractivity contribution in [2.45, 2.75) is 19.6 Å². The van der Waals surface area contributed by atoms with Crippen LogP contribution in [0.3, 0.4) is 0 Å². The van der Waals surface area contributed by atoms with Gasteiger partial charge in [0.2, 0.25) is 0 Å². The first kappa shape index (κ1) is 21.7. The van der Waals surface area contributed by atoms with Crippen LogP contribution in [0.2, 0.25) is 10.0 Å². The average Bonchev–Trinajstić information content (AvgIpc) is 2.66. The predicted octanol–water partition coefficient (Wildman–Crippen LogP) is 5.45. The molecular formula is C20H23Cl2NO3S. The van der Waals surface area contributed by atoms with Gasteiger partial charge in [-0.05, 0) is 49.7 Å². The molecule has 0 unspecified atom stereocenters. The van der Waals surface area contributed by atoms with Gasteiger partial charge < -0.3 is 14.8 Å². The second-order valence-corrected chi connectivity index (χ2v) is 7.50. The number of carbonyl (C=O) groups is 1. The molecule has 146 valence electrons. The van der Waals surface area contributed by atoms with Crippen LogP contribution in [0, 0.1) is 0 Å². The lowest BCUT2D eigenvalue weighted by molar-refractivity contribution is 0.0955.